The molecule has 0 fully saturated rings. The van der Waals surface area contributed by atoms with Gasteiger partial charge in [0.2, 0.25) is 0 Å². The van der Waals surface area contributed by atoms with Crippen molar-refractivity contribution >= 4 is 11.8 Å². The number of benzene rings is 2. The molecular weight excluding hydrogens is 233 g/mol. The van der Waals surface area contributed by atoms with Gasteiger partial charge in [-0.15, -0.1) is 0 Å². The van der Waals surface area contributed by atoms with Gasteiger partial charge in [0.05, 0.1) is 0 Å². The van der Waals surface area contributed by atoms with Crippen molar-refractivity contribution in [1.82, 2.24) is 0 Å². The summed E-state index contributed by atoms with van der Waals surface area (Å²) >= 11 is 1.62. The van der Waals surface area contributed by atoms with Gasteiger partial charge < -0.3 is 5.73 Å². The molecule has 0 amide bonds. The van der Waals surface area contributed by atoms with Crippen LogP contribution in [-0.4, -0.2) is 0 Å². The van der Waals surface area contributed by atoms with Crippen molar-refractivity contribution in [1.29, 1.82) is 0 Å². The van der Waals surface area contributed by atoms with E-state index in [1.807, 2.05) is 24.3 Å². The minimum atomic E-state index is -0.162. The van der Waals surface area contributed by atoms with E-state index in [4.69, 9.17) is 5.73 Å². The predicted molar refractivity (Wildman–Crippen MR) is 69.6 cm³/mol. The maximum absolute atomic E-state index is 13.1. The van der Waals surface area contributed by atoms with Crippen LogP contribution in [0.4, 0.5) is 4.39 Å². The fourth-order valence-corrected chi connectivity index (χ4v) is 2.55. The van der Waals surface area contributed by atoms with Gasteiger partial charge in [-0.2, -0.15) is 0 Å². The van der Waals surface area contributed by atoms with E-state index in [9.17, 15) is 4.39 Å². The Hall–Kier alpha value is -1.32. The lowest BCUT2D eigenvalue weighted by molar-refractivity contribution is 0.617. The first-order valence-electron chi connectivity index (χ1n) is 5.42. The average molecular weight is 247 g/mol. The minimum Gasteiger partial charge on any atom is -0.326 e. The molecule has 2 aromatic carbocycles. The molecule has 0 saturated heterocycles. The van der Waals surface area contributed by atoms with Gasteiger partial charge in [-0.1, -0.05) is 23.9 Å². The van der Waals surface area contributed by atoms with Gasteiger partial charge in [-0.25, -0.2) is 4.39 Å². The molecule has 0 aliphatic rings. The molecule has 0 aliphatic carbocycles. The first-order chi connectivity index (χ1) is 8.19. The highest BCUT2D eigenvalue weighted by Crippen LogP contribution is 2.29. The molecule has 0 atom stereocenters. The summed E-state index contributed by atoms with van der Waals surface area (Å²) in [5.41, 5.74) is 7.37. The lowest BCUT2D eigenvalue weighted by atomic mass is 10.2. The summed E-state index contributed by atoms with van der Waals surface area (Å²) in [6.07, 6.45) is 0. The number of halogens is 1. The smallest absolute Gasteiger partial charge is 0.126 e. The Morgan fingerprint density at radius 2 is 1.88 bits per heavy atom. The van der Waals surface area contributed by atoms with Gasteiger partial charge in [0.1, 0.15) is 5.82 Å². The van der Waals surface area contributed by atoms with Gasteiger partial charge in [0, 0.05) is 16.3 Å². The number of aryl methyl sites for hydroxylation is 1. The third-order valence-corrected chi connectivity index (χ3v) is 3.48. The van der Waals surface area contributed by atoms with E-state index < -0.39 is 0 Å². The molecule has 0 bridgehead atoms. The molecule has 0 unspecified atom stereocenters. The monoisotopic (exact) mass is 247 g/mol. The molecule has 0 spiro atoms. The van der Waals surface area contributed by atoms with E-state index in [2.05, 4.69) is 6.07 Å². The third kappa shape index (κ3) is 3.08. The first kappa shape index (κ1) is 12.1. The van der Waals surface area contributed by atoms with Crippen LogP contribution in [0.1, 0.15) is 11.1 Å². The summed E-state index contributed by atoms with van der Waals surface area (Å²) in [5.74, 6) is -0.162. The van der Waals surface area contributed by atoms with Crippen molar-refractivity contribution in [2.75, 3.05) is 0 Å². The van der Waals surface area contributed by atoms with E-state index in [1.54, 1.807) is 24.8 Å². The van der Waals surface area contributed by atoms with Gasteiger partial charge >= 0.3 is 0 Å². The van der Waals surface area contributed by atoms with Crippen LogP contribution in [0.5, 0.6) is 0 Å². The fourth-order valence-electron chi connectivity index (χ4n) is 1.55. The molecule has 2 rings (SSSR count). The summed E-state index contributed by atoms with van der Waals surface area (Å²) in [4.78, 5) is 2.16. The molecule has 17 heavy (non-hydrogen) atoms. The molecule has 1 nitrogen and oxygen atoms in total. The molecule has 0 heterocycles. The molecule has 2 N–H and O–H groups in total. The minimum absolute atomic E-state index is 0.162. The zero-order valence-electron chi connectivity index (χ0n) is 9.61. The van der Waals surface area contributed by atoms with E-state index in [-0.39, 0.29) is 5.82 Å². The van der Waals surface area contributed by atoms with Crippen LogP contribution in [0, 0.1) is 12.7 Å². The summed E-state index contributed by atoms with van der Waals surface area (Å²) in [6.45, 7) is 2.31. The summed E-state index contributed by atoms with van der Waals surface area (Å²) in [6, 6.07) is 13.2. The Bertz CT molecular complexity index is 525. The van der Waals surface area contributed by atoms with Crippen molar-refractivity contribution in [3.8, 4) is 0 Å². The zero-order valence-corrected chi connectivity index (χ0v) is 10.4. The van der Waals surface area contributed by atoms with Crippen molar-refractivity contribution in [3.63, 3.8) is 0 Å². The maximum Gasteiger partial charge on any atom is 0.126 e. The van der Waals surface area contributed by atoms with Crippen molar-refractivity contribution in [2.24, 2.45) is 5.73 Å². The van der Waals surface area contributed by atoms with Crippen LogP contribution in [0.15, 0.2) is 52.3 Å². The van der Waals surface area contributed by atoms with E-state index >= 15 is 0 Å². The average Bonchev–Trinajstić information content (AvgIpc) is 2.34. The highest BCUT2D eigenvalue weighted by Gasteiger charge is 2.01. The summed E-state index contributed by atoms with van der Waals surface area (Å²) in [5, 5.41) is 0. The first-order valence-corrected chi connectivity index (χ1v) is 6.23. The molecule has 0 radical (unpaired) electrons. The molecule has 3 heteroatoms. The third-order valence-electron chi connectivity index (χ3n) is 2.50. The molecular formula is C14H14FNS. The van der Waals surface area contributed by atoms with Crippen molar-refractivity contribution in [2.45, 2.75) is 23.3 Å². The Kier molecular flexibility index (Phi) is 3.82. The van der Waals surface area contributed by atoms with Crippen LogP contribution in [-0.2, 0) is 6.54 Å². The van der Waals surface area contributed by atoms with Crippen LogP contribution in [0.3, 0.4) is 0 Å². The Balaban J connectivity index is 2.22. The molecule has 2 aromatic rings. The van der Waals surface area contributed by atoms with E-state index in [0.29, 0.717) is 12.1 Å². The zero-order chi connectivity index (χ0) is 12.3. The Morgan fingerprint density at radius 1 is 1.12 bits per heavy atom. The Morgan fingerprint density at radius 3 is 2.59 bits per heavy atom. The fraction of sp³-hybridized carbons (Fsp3) is 0.143. The van der Waals surface area contributed by atoms with Crippen LogP contribution < -0.4 is 5.73 Å². The lowest BCUT2D eigenvalue weighted by Crippen LogP contribution is -1.95. The largest absolute Gasteiger partial charge is 0.326 e. The summed E-state index contributed by atoms with van der Waals surface area (Å²) < 4.78 is 13.1. The number of rotatable bonds is 3. The second-order valence-corrected chi connectivity index (χ2v) is 5.01. The van der Waals surface area contributed by atoms with Gasteiger partial charge in [0.15, 0.2) is 0 Å². The Labute approximate surface area is 105 Å². The maximum atomic E-state index is 13.1. The molecule has 88 valence electrons. The van der Waals surface area contributed by atoms with Crippen molar-refractivity contribution in [3.05, 3.63) is 59.4 Å². The van der Waals surface area contributed by atoms with E-state index in [0.717, 1.165) is 15.4 Å². The topological polar surface area (TPSA) is 26.0 Å². The molecule has 0 aromatic heterocycles. The number of nitrogens with two attached hydrogens (primary N) is 1. The predicted octanol–water partition coefficient (Wildman–Crippen LogP) is 3.74. The molecule has 0 saturated carbocycles. The SMILES string of the molecule is Cc1cc(Sc2cccc(CN)c2)ccc1F. The standard InChI is InChI=1S/C14H14FNS/c1-10-7-13(5-6-14(10)15)17-12-4-2-3-11(8-12)9-16/h2-8H,9,16H2,1H3. The summed E-state index contributed by atoms with van der Waals surface area (Å²) in [7, 11) is 0. The number of hydrogen-bond acceptors (Lipinski definition) is 2. The highest BCUT2D eigenvalue weighted by molar-refractivity contribution is 7.99. The second-order valence-electron chi connectivity index (χ2n) is 3.86. The van der Waals surface area contributed by atoms with Gasteiger partial charge in [-0.3, -0.25) is 0 Å². The normalized spacial score (nSPS) is 10.5. The quantitative estimate of drug-likeness (QED) is 0.894. The van der Waals surface area contributed by atoms with Crippen LogP contribution >= 0.6 is 11.8 Å². The highest BCUT2D eigenvalue weighted by atomic mass is 32.2. The number of hydrogen-bond donors (Lipinski definition) is 1. The lowest BCUT2D eigenvalue weighted by Gasteiger charge is -2.05. The second kappa shape index (κ2) is 5.34. The van der Waals surface area contributed by atoms with Crippen molar-refractivity contribution < 1.29 is 4.39 Å². The molecule has 0 aliphatic heterocycles. The van der Waals surface area contributed by atoms with Gasteiger partial charge in [0.25, 0.3) is 0 Å². The van der Waals surface area contributed by atoms with Crippen LogP contribution in [0.25, 0.3) is 0 Å². The van der Waals surface area contributed by atoms with Crippen LogP contribution in [0.2, 0.25) is 0 Å². The van der Waals surface area contributed by atoms with Gasteiger partial charge in [-0.05, 0) is 48.4 Å². The van der Waals surface area contributed by atoms with E-state index in [1.165, 1.54) is 6.07 Å².